The van der Waals surface area contributed by atoms with Crippen molar-refractivity contribution in [3.8, 4) is 0 Å². The number of amides is 1. The summed E-state index contributed by atoms with van der Waals surface area (Å²) < 4.78 is 52.2. The summed E-state index contributed by atoms with van der Waals surface area (Å²) in [6.45, 7) is 4.55. The van der Waals surface area contributed by atoms with Crippen molar-refractivity contribution < 1.29 is 21.6 Å². The molecule has 1 aliphatic heterocycles. The van der Waals surface area contributed by atoms with Crippen LogP contribution in [0.5, 0.6) is 0 Å². The van der Waals surface area contributed by atoms with E-state index in [9.17, 15) is 21.6 Å². The molecule has 0 spiro atoms. The summed E-state index contributed by atoms with van der Waals surface area (Å²) in [5.74, 6) is -0.379. The van der Waals surface area contributed by atoms with E-state index in [-0.39, 0.29) is 26.9 Å². The molecule has 31 heavy (non-hydrogen) atoms. The molecule has 1 aliphatic rings. The van der Waals surface area contributed by atoms with Crippen LogP contribution in [0.1, 0.15) is 30.6 Å². The van der Waals surface area contributed by atoms with Gasteiger partial charge in [0.15, 0.2) is 0 Å². The largest absolute Gasteiger partial charge is 0.321 e. The van der Waals surface area contributed by atoms with Gasteiger partial charge in [-0.2, -0.15) is 4.31 Å². The summed E-state index contributed by atoms with van der Waals surface area (Å²) in [4.78, 5) is 12.7. The van der Waals surface area contributed by atoms with Gasteiger partial charge in [0.2, 0.25) is 20.0 Å². The Labute approximate surface area is 187 Å². The summed E-state index contributed by atoms with van der Waals surface area (Å²) in [5.41, 5.74) is 0.957. The molecular weight excluding hydrogens is 462 g/mol. The van der Waals surface area contributed by atoms with Gasteiger partial charge in [0, 0.05) is 25.2 Å². The molecule has 0 unspecified atom stereocenters. The van der Waals surface area contributed by atoms with Gasteiger partial charge in [-0.25, -0.2) is 16.8 Å². The van der Waals surface area contributed by atoms with E-state index < -0.39 is 26.0 Å². The molecule has 2 aromatic rings. The van der Waals surface area contributed by atoms with Crippen LogP contribution in [-0.2, 0) is 20.0 Å². The fourth-order valence-electron chi connectivity index (χ4n) is 3.38. The Balaban J connectivity index is 1.82. The lowest BCUT2D eigenvalue weighted by atomic mass is 10.2. The second-order valence-corrected chi connectivity index (χ2v) is 11.3. The lowest BCUT2D eigenvalue weighted by Crippen LogP contribution is -2.30. The highest BCUT2D eigenvalue weighted by atomic mass is 35.5. The van der Waals surface area contributed by atoms with Crippen molar-refractivity contribution in [3.05, 3.63) is 53.1 Å². The van der Waals surface area contributed by atoms with Gasteiger partial charge in [-0.05, 0) is 48.9 Å². The Bertz CT molecular complexity index is 1180. The van der Waals surface area contributed by atoms with Crippen molar-refractivity contribution in [3.63, 3.8) is 0 Å². The molecule has 1 fully saturated rings. The van der Waals surface area contributed by atoms with Crippen LogP contribution in [0.3, 0.4) is 0 Å². The molecule has 8 nitrogen and oxygen atoms in total. The molecule has 0 radical (unpaired) electrons. The minimum absolute atomic E-state index is 0.0329. The smallest absolute Gasteiger partial charge is 0.255 e. The quantitative estimate of drug-likeness (QED) is 0.648. The number of benzene rings is 2. The third-order valence-corrected chi connectivity index (χ3v) is 9.29. The minimum Gasteiger partial charge on any atom is -0.321 e. The van der Waals surface area contributed by atoms with Crippen molar-refractivity contribution in [1.29, 1.82) is 0 Å². The molecule has 2 aromatic carbocycles. The molecule has 0 saturated carbocycles. The molecule has 0 bridgehead atoms. The van der Waals surface area contributed by atoms with Crippen LogP contribution in [-0.4, -0.2) is 52.4 Å². The van der Waals surface area contributed by atoms with Gasteiger partial charge in [0.1, 0.15) is 0 Å². The highest BCUT2D eigenvalue weighted by Crippen LogP contribution is 2.28. The van der Waals surface area contributed by atoms with E-state index in [1.807, 2.05) is 0 Å². The number of nitrogens with one attached hydrogen (secondary N) is 1. The lowest BCUT2D eigenvalue weighted by molar-refractivity contribution is 0.102. The Morgan fingerprint density at radius 1 is 1.13 bits per heavy atom. The van der Waals surface area contributed by atoms with Gasteiger partial charge in [0.25, 0.3) is 5.91 Å². The molecule has 1 saturated heterocycles. The van der Waals surface area contributed by atoms with Crippen LogP contribution in [0.4, 0.5) is 11.4 Å². The van der Waals surface area contributed by atoms with Crippen LogP contribution in [0.25, 0.3) is 0 Å². The predicted molar refractivity (Wildman–Crippen MR) is 122 cm³/mol. The van der Waals surface area contributed by atoms with Crippen LogP contribution in [0.2, 0.25) is 5.02 Å². The Kier molecular flexibility index (Phi) is 6.95. The van der Waals surface area contributed by atoms with E-state index in [1.54, 1.807) is 26.0 Å². The summed E-state index contributed by atoms with van der Waals surface area (Å²) in [6.07, 6.45) is 0.565. The highest BCUT2D eigenvalue weighted by molar-refractivity contribution is 7.93. The molecule has 0 aliphatic carbocycles. The zero-order valence-corrected chi connectivity index (χ0v) is 19.6. The zero-order valence-electron chi connectivity index (χ0n) is 17.2. The highest BCUT2D eigenvalue weighted by Gasteiger charge is 2.28. The Morgan fingerprint density at radius 3 is 2.32 bits per heavy atom. The number of carbonyl (C=O) groups excluding carboxylic acids is 1. The fourth-order valence-corrected chi connectivity index (χ4v) is 6.59. The number of sulfonamides is 2. The average molecular weight is 486 g/mol. The van der Waals surface area contributed by atoms with Crippen LogP contribution in [0, 0.1) is 0 Å². The second kappa shape index (κ2) is 9.15. The minimum atomic E-state index is -3.71. The summed E-state index contributed by atoms with van der Waals surface area (Å²) >= 11 is 6.17. The SMILES string of the molecule is CCN(CC)S(=O)(=O)c1ccc(Cl)c(NC(=O)c2ccc(N3CCCS3(=O)=O)cc2)c1. The summed E-state index contributed by atoms with van der Waals surface area (Å²) in [6, 6.07) is 10.3. The van der Waals surface area contributed by atoms with E-state index in [0.29, 0.717) is 31.7 Å². The maximum Gasteiger partial charge on any atom is 0.255 e. The third-order valence-electron chi connectivity index (χ3n) is 5.05. The molecule has 11 heteroatoms. The predicted octanol–water partition coefficient (Wildman–Crippen LogP) is 3.16. The first kappa shape index (κ1) is 23.5. The Morgan fingerprint density at radius 2 is 1.77 bits per heavy atom. The van der Waals surface area contributed by atoms with Gasteiger partial charge in [-0.15, -0.1) is 0 Å². The normalized spacial score (nSPS) is 15.9. The first-order chi connectivity index (χ1) is 14.6. The molecular formula is C20H24ClN3O5S2. The molecule has 1 heterocycles. The molecule has 3 rings (SSSR count). The van der Waals surface area contributed by atoms with Crippen LogP contribution in [0.15, 0.2) is 47.4 Å². The first-order valence-electron chi connectivity index (χ1n) is 9.81. The number of nitrogens with zero attached hydrogens (tertiary/aromatic N) is 2. The average Bonchev–Trinajstić information content (AvgIpc) is 3.09. The fraction of sp³-hybridized carbons (Fsp3) is 0.350. The lowest BCUT2D eigenvalue weighted by Gasteiger charge is -2.19. The van der Waals surface area contributed by atoms with Crippen molar-refractivity contribution >= 4 is 48.9 Å². The zero-order chi connectivity index (χ0) is 22.8. The number of halogens is 1. The summed E-state index contributed by atoms with van der Waals surface area (Å²) in [7, 11) is -7.01. The summed E-state index contributed by atoms with van der Waals surface area (Å²) in [5, 5.41) is 2.83. The number of hydrogen-bond acceptors (Lipinski definition) is 5. The van der Waals surface area contributed by atoms with E-state index in [1.165, 1.54) is 38.9 Å². The van der Waals surface area contributed by atoms with Gasteiger partial charge < -0.3 is 5.32 Å². The number of rotatable bonds is 7. The topological polar surface area (TPSA) is 104 Å². The van der Waals surface area contributed by atoms with Crippen molar-refractivity contribution in [1.82, 2.24) is 4.31 Å². The molecule has 1 amide bonds. The third kappa shape index (κ3) is 4.87. The van der Waals surface area contributed by atoms with E-state index >= 15 is 0 Å². The standard InChI is InChI=1S/C20H24ClN3O5S2/c1-3-23(4-2)31(28,29)17-10-11-18(21)19(14-17)22-20(25)15-6-8-16(9-7-15)24-12-5-13-30(24,26)27/h6-11,14H,3-5,12-13H2,1-2H3,(H,22,25). The van der Waals surface area contributed by atoms with E-state index in [0.717, 1.165) is 0 Å². The van der Waals surface area contributed by atoms with Gasteiger partial charge in [-0.1, -0.05) is 25.4 Å². The van der Waals surface area contributed by atoms with Crippen molar-refractivity contribution in [2.75, 3.05) is 35.0 Å². The van der Waals surface area contributed by atoms with E-state index in [4.69, 9.17) is 11.6 Å². The van der Waals surface area contributed by atoms with Crippen LogP contribution >= 0.6 is 11.6 Å². The maximum absolute atomic E-state index is 12.7. The number of carbonyl (C=O) groups is 1. The second-order valence-electron chi connectivity index (χ2n) is 6.97. The number of hydrogen-bond donors (Lipinski definition) is 1. The molecule has 0 atom stereocenters. The number of anilines is 2. The van der Waals surface area contributed by atoms with Crippen LogP contribution < -0.4 is 9.62 Å². The molecule has 1 N–H and O–H groups in total. The molecule has 0 aromatic heterocycles. The monoisotopic (exact) mass is 485 g/mol. The molecule has 168 valence electrons. The van der Waals surface area contributed by atoms with Gasteiger partial charge in [0.05, 0.1) is 27.0 Å². The van der Waals surface area contributed by atoms with Gasteiger partial charge in [-0.3, -0.25) is 9.10 Å². The van der Waals surface area contributed by atoms with Crippen molar-refractivity contribution in [2.45, 2.75) is 25.2 Å². The first-order valence-corrected chi connectivity index (χ1v) is 13.2. The Hall–Kier alpha value is -2.14. The maximum atomic E-state index is 12.7. The van der Waals surface area contributed by atoms with E-state index in [2.05, 4.69) is 5.32 Å². The van der Waals surface area contributed by atoms with Gasteiger partial charge >= 0.3 is 0 Å². The van der Waals surface area contributed by atoms with Crippen molar-refractivity contribution in [2.24, 2.45) is 0 Å².